The minimum absolute atomic E-state index is 0.297. The molecule has 0 radical (unpaired) electrons. The molecule has 0 heterocycles. The van der Waals surface area contributed by atoms with E-state index >= 15 is 0 Å². The van der Waals surface area contributed by atoms with E-state index in [0.717, 1.165) is 37.1 Å². The number of methoxy groups -OCH3 is 2. The summed E-state index contributed by atoms with van der Waals surface area (Å²) in [5, 5.41) is 0. The lowest BCUT2D eigenvalue weighted by atomic mass is 9.73. The zero-order valence-corrected chi connectivity index (χ0v) is 17.9. The van der Waals surface area contributed by atoms with Gasteiger partial charge in [-0.15, -0.1) is 0 Å². The van der Waals surface area contributed by atoms with E-state index in [-0.39, 0.29) is 5.97 Å². The van der Waals surface area contributed by atoms with Crippen molar-refractivity contribution in [3.05, 3.63) is 70.8 Å². The number of hydrogen-bond donors (Lipinski definition) is 0. The Balaban J connectivity index is 1.87. The molecule has 1 aliphatic rings. The average Bonchev–Trinajstić information content (AvgIpc) is 2.74. The highest BCUT2D eigenvalue weighted by Gasteiger charge is 2.29. The molecule has 0 aromatic heterocycles. The molecule has 1 aliphatic carbocycles. The Labute approximate surface area is 174 Å². The molecule has 0 aliphatic heterocycles. The van der Waals surface area contributed by atoms with E-state index in [1.807, 2.05) is 24.3 Å². The van der Waals surface area contributed by atoms with Crippen LogP contribution in [-0.2, 0) is 4.74 Å². The van der Waals surface area contributed by atoms with Crippen LogP contribution in [0.3, 0.4) is 0 Å². The number of carbonyl (C=O) groups excluding carboxylic acids is 1. The predicted octanol–water partition coefficient (Wildman–Crippen LogP) is 5.01. The summed E-state index contributed by atoms with van der Waals surface area (Å²) in [7, 11) is 7.42. The van der Waals surface area contributed by atoms with E-state index in [2.05, 4.69) is 43.3 Å². The molecular weight excluding hydrogens is 362 g/mol. The number of hydrogen-bond acceptors (Lipinski definition) is 4. The monoisotopic (exact) mass is 393 g/mol. The van der Waals surface area contributed by atoms with E-state index in [1.54, 1.807) is 13.2 Å². The number of esters is 1. The van der Waals surface area contributed by atoms with Gasteiger partial charge in [0.05, 0.1) is 19.8 Å². The summed E-state index contributed by atoms with van der Waals surface area (Å²) >= 11 is 0. The van der Waals surface area contributed by atoms with E-state index in [4.69, 9.17) is 9.47 Å². The van der Waals surface area contributed by atoms with Gasteiger partial charge in [0.2, 0.25) is 0 Å². The van der Waals surface area contributed by atoms with Gasteiger partial charge in [0.1, 0.15) is 5.75 Å². The number of ether oxygens (including phenoxy) is 2. The van der Waals surface area contributed by atoms with Crippen LogP contribution in [0, 0.1) is 5.92 Å². The average molecular weight is 394 g/mol. The molecule has 2 aromatic carbocycles. The minimum Gasteiger partial charge on any atom is -0.497 e. The molecule has 4 heteroatoms. The lowest BCUT2D eigenvalue weighted by Gasteiger charge is -2.35. The van der Waals surface area contributed by atoms with Gasteiger partial charge >= 0.3 is 5.97 Å². The summed E-state index contributed by atoms with van der Waals surface area (Å²) < 4.78 is 10.3. The summed E-state index contributed by atoms with van der Waals surface area (Å²) in [6.45, 7) is 1.08. The van der Waals surface area contributed by atoms with Crippen molar-refractivity contribution < 1.29 is 14.3 Å². The van der Waals surface area contributed by atoms with Gasteiger partial charge in [0.25, 0.3) is 0 Å². The van der Waals surface area contributed by atoms with Crippen LogP contribution < -0.4 is 4.74 Å². The largest absolute Gasteiger partial charge is 0.497 e. The van der Waals surface area contributed by atoms with Gasteiger partial charge in [-0.25, -0.2) is 4.79 Å². The summed E-state index contributed by atoms with van der Waals surface area (Å²) in [6, 6.07) is 16.1. The molecule has 1 fully saturated rings. The molecule has 0 bridgehead atoms. The molecule has 3 rings (SSSR count). The Morgan fingerprint density at radius 3 is 2.66 bits per heavy atom. The normalized spacial score (nSPS) is 20.7. The highest BCUT2D eigenvalue weighted by Crippen LogP contribution is 2.42. The van der Waals surface area contributed by atoms with Gasteiger partial charge < -0.3 is 14.4 Å². The molecule has 154 valence electrons. The molecule has 0 spiro atoms. The fraction of sp³-hybridized carbons (Fsp3) is 0.400. The summed E-state index contributed by atoms with van der Waals surface area (Å²) in [6.07, 6.45) is 5.50. The number of carbonyl (C=O) groups is 1. The third-order valence-electron chi connectivity index (χ3n) is 5.69. The van der Waals surface area contributed by atoms with Crippen LogP contribution >= 0.6 is 0 Å². The van der Waals surface area contributed by atoms with Gasteiger partial charge in [-0.2, -0.15) is 0 Å². The summed E-state index contributed by atoms with van der Waals surface area (Å²) in [5.74, 6) is 1.68. The third kappa shape index (κ3) is 5.48. The maximum absolute atomic E-state index is 11.8. The standard InChI is InChI=1S/C25H31NO3/c1-26(2)17-22-12-11-19(13-18-7-5-9-21(14-18)25(27)29-4)15-24(22)20-8-6-10-23(16-20)28-3/h5-10,13-14,16,22,24H,11-12,15,17H2,1-4H3/b19-13+/t22-,24-/m0/s1. The predicted molar refractivity (Wildman–Crippen MR) is 117 cm³/mol. The number of nitrogens with zero attached hydrogens (tertiary/aromatic N) is 1. The van der Waals surface area contributed by atoms with Crippen LogP contribution in [0.2, 0.25) is 0 Å². The molecule has 29 heavy (non-hydrogen) atoms. The van der Waals surface area contributed by atoms with Gasteiger partial charge in [-0.05, 0) is 80.6 Å². The molecule has 4 nitrogen and oxygen atoms in total. The number of rotatable bonds is 6. The Morgan fingerprint density at radius 1 is 1.14 bits per heavy atom. The van der Waals surface area contributed by atoms with Crippen LogP contribution in [0.1, 0.15) is 46.7 Å². The summed E-state index contributed by atoms with van der Waals surface area (Å²) in [5.41, 5.74) is 4.41. The van der Waals surface area contributed by atoms with Crippen LogP contribution in [0.25, 0.3) is 6.08 Å². The molecule has 0 amide bonds. The van der Waals surface area contributed by atoms with E-state index in [9.17, 15) is 4.79 Å². The fourth-order valence-corrected chi connectivity index (χ4v) is 4.31. The molecule has 1 saturated carbocycles. The van der Waals surface area contributed by atoms with Gasteiger partial charge in [0.15, 0.2) is 0 Å². The van der Waals surface area contributed by atoms with Crippen molar-refractivity contribution in [3.8, 4) is 5.75 Å². The lowest BCUT2D eigenvalue weighted by Crippen LogP contribution is -2.29. The zero-order valence-electron chi connectivity index (χ0n) is 17.9. The van der Waals surface area contributed by atoms with Crippen LogP contribution in [0.5, 0.6) is 5.75 Å². The highest BCUT2D eigenvalue weighted by atomic mass is 16.5. The summed E-state index contributed by atoms with van der Waals surface area (Å²) in [4.78, 5) is 14.1. The molecule has 0 saturated heterocycles. The van der Waals surface area contributed by atoms with Crippen molar-refractivity contribution in [1.29, 1.82) is 0 Å². The minimum atomic E-state index is -0.297. The molecular formula is C25H31NO3. The first kappa shape index (κ1) is 21.1. The Hall–Kier alpha value is -2.59. The first-order valence-corrected chi connectivity index (χ1v) is 10.2. The second-order valence-corrected chi connectivity index (χ2v) is 8.07. The molecule has 2 atom stereocenters. The Morgan fingerprint density at radius 2 is 1.93 bits per heavy atom. The van der Waals surface area contributed by atoms with Gasteiger partial charge in [-0.3, -0.25) is 0 Å². The smallest absolute Gasteiger partial charge is 0.337 e. The van der Waals surface area contributed by atoms with Gasteiger partial charge in [-0.1, -0.05) is 35.9 Å². The van der Waals surface area contributed by atoms with E-state index in [1.165, 1.54) is 18.2 Å². The van der Waals surface area contributed by atoms with Crippen molar-refractivity contribution in [2.24, 2.45) is 5.92 Å². The first-order valence-electron chi connectivity index (χ1n) is 10.2. The lowest BCUT2D eigenvalue weighted by molar-refractivity contribution is 0.0600. The molecule has 0 unspecified atom stereocenters. The Kier molecular flexibility index (Phi) is 7.10. The second-order valence-electron chi connectivity index (χ2n) is 8.07. The van der Waals surface area contributed by atoms with Crippen molar-refractivity contribution in [2.45, 2.75) is 25.2 Å². The second kappa shape index (κ2) is 9.75. The van der Waals surface area contributed by atoms with Crippen LogP contribution in [-0.4, -0.2) is 45.7 Å². The third-order valence-corrected chi connectivity index (χ3v) is 5.69. The Bertz CT molecular complexity index is 872. The van der Waals surface area contributed by atoms with Crippen LogP contribution in [0.4, 0.5) is 0 Å². The topological polar surface area (TPSA) is 38.8 Å². The number of allylic oxidation sites excluding steroid dienone is 1. The quantitative estimate of drug-likeness (QED) is 0.647. The van der Waals surface area contributed by atoms with Crippen molar-refractivity contribution >= 4 is 12.0 Å². The van der Waals surface area contributed by atoms with Crippen molar-refractivity contribution in [1.82, 2.24) is 4.90 Å². The van der Waals surface area contributed by atoms with Crippen molar-refractivity contribution in [3.63, 3.8) is 0 Å². The number of benzene rings is 2. The van der Waals surface area contributed by atoms with Crippen molar-refractivity contribution in [2.75, 3.05) is 34.9 Å². The van der Waals surface area contributed by atoms with E-state index < -0.39 is 0 Å². The molecule has 2 aromatic rings. The maximum atomic E-state index is 11.8. The first-order chi connectivity index (χ1) is 14.0. The highest BCUT2D eigenvalue weighted by molar-refractivity contribution is 5.90. The maximum Gasteiger partial charge on any atom is 0.337 e. The van der Waals surface area contributed by atoms with E-state index in [0.29, 0.717) is 17.4 Å². The van der Waals surface area contributed by atoms with Gasteiger partial charge in [0, 0.05) is 6.54 Å². The SMILES string of the molecule is COC(=O)c1cccc(/C=C2\CC[C@@H](CN(C)C)[C@H](c3cccc(OC)c3)C2)c1. The molecule has 0 N–H and O–H groups in total. The fourth-order valence-electron chi connectivity index (χ4n) is 4.31. The van der Waals surface area contributed by atoms with Crippen LogP contribution in [0.15, 0.2) is 54.1 Å². The zero-order chi connectivity index (χ0) is 20.8.